The summed E-state index contributed by atoms with van der Waals surface area (Å²) in [6, 6.07) is 6.56. The Hall–Kier alpha value is -2.10. The molecule has 0 atom stereocenters. The topological polar surface area (TPSA) is 35.5 Å². The largest absolute Gasteiger partial charge is 0.497 e. The van der Waals surface area contributed by atoms with E-state index < -0.39 is 11.8 Å². The molecule has 0 saturated carbocycles. The summed E-state index contributed by atoms with van der Waals surface area (Å²) in [6.45, 7) is 5.33. The van der Waals surface area contributed by atoms with Crippen LogP contribution in [0.25, 0.3) is 5.57 Å². The summed E-state index contributed by atoms with van der Waals surface area (Å²) in [5.41, 5.74) is 0.392. The van der Waals surface area contributed by atoms with Gasteiger partial charge in [0, 0.05) is 6.42 Å². The Kier molecular flexibility index (Phi) is 5.79. The van der Waals surface area contributed by atoms with E-state index in [-0.39, 0.29) is 18.6 Å². The van der Waals surface area contributed by atoms with E-state index in [1.807, 2.05) is 0 Å². The van der Waals surface area contributed by atoms with Crippen molar-refractivity contribution in [1.82, 2.24) is 0 Å². The highest BCUT2D eigenvalue weighted by molar-refractivity contribution is 6.17. The van der Waals surface area contributed by atoms with Crippen LogP contribution in [-0.4, -0.2) is 19.7 Å². The van der Waals surface area contributed by atoms with E-state index in [0.29, 0.717) is 11.3 Å². The first-order valence-electron chi connectivity index (χ1n) is 5.95. The van der Waals surface area contributed by atoms with Crippen molar-refractivity contribution >= 4 is 11.5 Å². The molecule has 4 heteroatoms. The lowest BCUT2D eigenvalue weighted by molar-refractivity contribution is -0.136. The third-order valence-corrected chi connectivity index (χ3v) is 2.45. The van der Waals surface area contributed by atoms with Gasteiger partial charge in [0.25, 0.3) is 0 Å². The SMILES string of the molecule is C=CC/C(F)=C(\C(=O)OCC)c1ccc(OC)cc1. The number of hydrogen-bond donors (Lipinski definition) is 0. The van der Waals surface area contributed by atoms with Gasteiger partial charge in [-0.2, -0.15) is 0 Å². The highest BCUT2D eigenvalue weighted by atomic mass is 19.1. The zero-order valence-corrected chi connectivity index (χ0v) is 11.1. The van der Waals surface area contributed by atoms with E-state index >= 15 is 0 Å². The van der Waals surface area contributed by atoms with Crippen LogP contribution in [0, 0.1) is 0 Å². The smallest absolute Gasteiger partial charge is 0.341 e. The van der Waals surface area contributed by atoms with Crippen LogP contribution < -0.4 is 4.74 Å². The van der Waals surface area contributed by atoms with Crippen LogP contribution in [0.15, 0.2) is 42.7 Å². The standard InChI is InChI=1S/C15H17FO3/c1-4-6-13(16)14(15(17)19-5-2)11-7-9-12(18-3)10-8-11/h4,7-10H,1,5-6H2,2-3H3/b14-13+. The van der Waals surface area contributed by atoms with Gasteiger partial charge >= 0.3 is 5.97 Å². The first kappa shape index (κ1) is 15.0. The number of methoxy groups -OCH3 is 1. The number of halogens is 1. The molecule has 0 unspecified atom stereocenters. The molecular formula is C15H17FO3. The minimum atomic E-state index is -0.674. The zero-order chi connectivity index (χ0) is 14.3. The fourth-order valence-electron chi connectivity index (χ4n) is 1.57. The molecule has 102 valence electrons. The molecule has 0 amide bonds. The van der Waals surface area contributed by atoms with Crippen molar-refractivity contribution in [3.8, 4) is 5.75 Å². The van der Waals surface area contributed by atoms with Crippen LogP contribution in [0.1, 0.15) is 18.9 Å². The van der Waals surface area contributed by atoms with E-state index in [4.69, 9.17) is 9.47 Å². The molecule has 0 aliphatic heterocycles. The van der Waals surface area contributed by atoms with E-state index in [1.165, 1.54) is 13.2 Å². The lowest BCUT2D eigenvalue weighted by Crippen LogP contribution is -2.08. The summed E-state index contributed by atoms with van der Waals surface area (Å²) in [6.07, 6.45) is 1.39. The van der Waals surface area contributed by atoms with Gasteiger partial charge in [0.15, 0.2) is 0 Å². The number of carbonyl (C=O) groups excluding carboxylic acids is 1. The molecule has 0 fully saturated rings. The summed E-state index contributed by atoms with van der Waals surface area (Å²) in [7, 11) is 1.54. The lowest BCUT2D eigenvalue weighted by Gasteiger charge is -2.09. The Labute approximate surface area is 112 Å². The highest BCUT2D eigenvalue weighted by Crippen LogP contribution is 2.25. The molecule has 1 aromatic carbocycles. The first-order chi connectivity index (χ1) is 9.13. The molecule has 0 heterocycles. The molecule has 0 N–H and O–H groups in total. The van der Waals surface area contributed by atoms with Crippen LogP contribution in [0.4, 0.5) is 4.39 Å². The van der Waals surface area contributed by atoms with E-state index in [1.54, 1.807) is 31.2 Å². The maximum absolute atomic E-state index is 14.0. The second kappa shape index (κ2) is 7.36. The van der Waals surface area contributed by atoms with Gasteiger partial charge in [-0.25, -0.2) is 9.18 Å². The Bertz CT molecular complexity index is 475. The summed E-state index contributed by atoms with van der Waals surface area (Å²) in [5, 5.41) is 0. The predicted molar refractivity (Wildman–Crippen MR) is 72.5 cm³/mol. The Balaban J connectivity index is 3.18. The van der Waals surface area contributed by atoms with Gasteiger partial charge in [-0.3, -0.25) is 0 Å². The van der Waals surface area contributed by atoms with Crippen molar-refractivity contribution < 1.29 is 18.7 Å². The van der Waals surface area contributed by atoms with Crippen LogP contribution >= 0.6 is 0 Å². The fourth-order valence-corrected chi connectivity index (χ4v) is 1.57. The zero-order valence-electron chi connectivity index (χ0n) is 11.1. The minimum absolute atomic E-state index is 0.0137. The summed E-state index contributed by atoms with van der Waals surface area (Å²) in [4.78, 5) is 11.8. The molecule has 0 bridgehead atoms. The van der Waals surface area contributed by atoms with E-state index in [2.05, 4.69) is 6.58 Å². The maximum Gasteiger partial charge on any atom is 0.341 e. The van der Waals surface area contributed by atoms with Crippen LogP contribution in [0.3, 0.4) is 0 Å². The van der Waals surface area contributed by atoms with Gasteiger partial charge in [0.2, 0.25) is 0 Å². The molecule has 0 aliphatic carbocycles. The molecule has 0 spiro atoms. The number of rotatable bonds is 6. The number of hydrogen-bond acceptors (Lipinski definition) is 3. The number of esters is 1. The summed E-state index contributed by atoms with van der Waals surface area (Å²) in [5.74, 6) is -0.596. The molecule has 0 aliphatic rings. The normalized spacial score (nSPS) is 11.5. The van der Waals surface area contributed by atoms with Crippen molar-refractivity contribution in [2.24, 2.45) is 0 Å². The third-order valence-electron chi connectivity index (χ3n) is 2.45. The van der Waals surface area contributed by atoms with Gasteiger partial charge in [-0.15, -0.1) is 6.58 Å². The van der Waals surface area contributed by atoms with Crippen molar-refractivity contribution in [2.75, 3.05) is 13.7 Å². The molecule has 3 nitrogen and oxygen atoms in total. The molecule has 1 rings (SSSR count). The van der Waals surface area contributed by atoms with Crippen LogP contribution in [0.5, 0.6) is 5.75 Å². The number of allylic oxidation sites excluding steroid dienone is 2. The van der Waals surface area contributed by atoms with Crippen LogP contribution in [-0.2, 0) is 9.53 Å². The third kappa shape index (κ3) is 3.95. The average molecular weight is 264 g/mol. The lowest BCUT2D eigenvalue weighted by atomic mass is 10.0. The fraction of sp³-hybridized carbons (Fsp3) is 0.267. The predicted octanol–water partition coefficient (Wildman–Crippen LogP) is 3.52. The second-order valence-corrected chi connectivity index (χ2v) is 3.72. The summed E-state index contributed by atoms with van der Waals surface area (Å²) < 4.78 is 23.9. The maximum atomic E-state index is 14.0. The molecule has 0 saturated heterocycles. The number of benzene rings is 1. The van der Waals surface area contributed by atoms with Crippen molar-refractivity contribution in [1.29, 1.82) is 0 Å². The first-order valence-corrected chi connectivity index (χ1v) is 5.95. The average Bonchev–Trinajstić information content (AvgIpc) is 2.40. The van der Waals surface area contributed by atoms with Gasteiger partial charge < -0.3 is 9.47 Å². The van der Waals surface area contributed by atoms with Gasteiger partial charge in [0.05, 0.1) is 19.3 Å². The van der Waals surface area contributed by atoms with Crippen LogP contribution in [0.2, 0.25) is 0 Å². The Morgan fingerprint density at radius 3 is 2.47 bits per heavy atom. The quantitative estimate of drug-likeness (QED) is 0.448. The monoisotopic (exact) mass is 264 g/mol. The van der Waals surface area contributed by atoms with Gasteiger partial charge in [0.1, 0.15) is 11.6 Å². The highest BCUT2D eigenvalue weighted by Gasteiger charge is 2.18. The van der Waals surface area contributed by atoms with Gasteiger partial charge in [-0.1, -0.05) is 18.2 Å². The summed E-state index contributed by atoms with van der Waals surface area (Å²) >= 11 is 0. The van der Waals surface area contributed by atoms with Crippen molar-refractivity contribution in [2.45, 2.75) is 13.3 Å². The Morgan fingerprint density at radius 2 is 2.00 bits per heavy atom. The van der Waals surface area contributed by atoms with E-state index in [9.17, 15) is 9.18 Å². The van der Waals surface area contributed by atoms with E-state index in [0.717, 1.165) is 0 Å². The number of ether oxygens (including phenoxy) is 2. The number of carbonyl (C=O) groups is 1. The van der Waals surface area contributed by atoms with Crippen molar-refractivity contribution in [3.63, 3.8) is 0 Å². The minimum Gasteiger partial charge on any atom is -0.497 e. The molecule has 0 radical (unpaired) electrons. The Morgan fingerprint density at radius 1 is 1.37 bits per heavy atom. The molecular weight excluding hydrogens is 247 g/mol. The molecule has 1 aromatic rings. The molecule has 19 heavy (non-hydrogen) atoms. The van der Waals surface area contributed by atoms with Crippen molar-refractivity contribution in [3.05, 3.63) is 48.3 Å². The molecule has 0 aromatic heterocycles. The van der Waals surface area contributed by atoms with Gasteiger partial charge in [-0.05, 0) is 24.6 Å². The second-order valence-electron chi connectivity index (χ2n) is 3.72.